The van der Waals surface area contributed by atoms with Crippen molar-refractivity contribution in [3.8, 4) is 6.07 Å². The third-order valence-electron chi connectivity index (χ3n) is 1.52. The van der Waals surface area contributed by atoms with Crippen LogP contribution in [0.3, 0.4) is 0 Å². The van der Waals surface area contributed by atoms with Crippen LogP contribution in [0, 0.1) is 11.3 Å². The number of hydrogen-bond donors (Lipinski definition) is 0. The Hall–Kier alpha value is -1.30. The van der Waals surface area contributed by atoms with Crippen LogP contribution in [0.1, 0.15) is 25.5 Å². The van der Waals surface area contributed by atoms with Crippen LogP contribution >= 0.6 is 0 Å². The van der Waals surface area contributed by atoms with Gasteiger partial charge in [0.25, 0.3) is 0 Å². The van der Waals surface area contributed by atoms with E-state index in [2.05, 4.69) is 11.9 Å². The maximum absolute atomic E-state index is 8.45. The Labute approximate surface area is 66.3 Å². The van der Waals surface area contributed by atoms with Gasteiger partial charge in [0.15, 0.2) is 5.69 Å². The molecule has 0 amide bonds. The number of imidazole rings is 1. The van der Waals surface area contributed by atoms with Crippen LogP contribution in [-0.2, 0) is 6.54 Å². The van der Waals surface area contributed by atoms with Gasteiger partial charge in [-0.15, -0.1) is 0 Å². The molecule has 1 heterocycles. The molecule has 0 fully saturated rings. The first-order valence-electron chi connectivity index (χ1n) is 3.78. The van der Waals surface area contributed by atoms with Crippen LogP contribution in [0.4, 0.5) is 0 Å². The predicted molar refractivity (Wildman–Crippen MR) is 41.9 cm³/mol. The summed E-state index contributed by atoms with van der Waals surface area (Å²) in [4.78, 5) is 3.89. The highest BCUT2D eigenvalue weighted by molar-refractivity contribution is 5.15. The summed E-state index contributed by atoms with van der Waals surface area (Å²) in [5.74, 6) is 0. The van der Waals surface area contributed by atoms with Gasteiger partial charge in [0, 0.05) is 12.7 Å². The van der Waals surface area contributed by atoms with Crippen molar-refractivity contribution in [3.05, 3.63) is 18.2 Å². The number of nitriles is 1. The average molecular weight is 149 g/mol. The number of nitrogens with zero attached hydrogens (tertiary/aromatic N) is 3. The minimum atomic E-state index is 0.501. The number of aryl methyl sites for hydroxylation is 1. The second-order valence-electron chi connectivity index (χ2n) is 2.46. The van der Waals surface area contributed by atoms with Crippen molar-refractivity contribution in [2.24, 2.45) is 0 Å². The van der Waals surface area contributed by atoms with Crippen molar-refractivity contribution in [2.75, 3.05) is 0 Å². The summed E-state index contributed by atoms with van der Waals surface area (Å²) >= 11 is 0. The minimum absolute atomic E-state index is 0.501. The van der Waals surface area contributed by atoms with E-state index in [1.54, 1.807) is 12.5 Å². The lowest BCUT2D eigenvalue weighted by atomic mass is 10.3. The van der Waals surface area contributed by atoms with Gasteiger partial charge < -0.3 is 4.57 Å². The Morgan fingerprint density at radius 2 is 2.55 bits per heavy atom. The van der Waals surface area contributed by atoms with Crippen molar-refractivity contribution < 1.29 is 0 Å². The lowest BCUT2D eigenvalue weighted by Gasteiger charge is -1.96. The van der Waals surface area contributed by atoms with Crippen molar-refractivity contribution in [2.45, 2.75) is 26.3 Å². The first kappa shape index (κ1) is 7.80. The molecule has 0 aromatic carbocycles. The highest BCUT2D eigenvalue weighted by atomic mass is 15.0. The molecule has 0 N–H and O–H groups in total. The predicted octanol–water partition coefficient (Wildman–Crippen LogP) is 1.55. The van der Waals surface area contributed by atoms with Crippen LogP contribution in [0.5, 0.6) is 0 Å². The fourth-order valence-corrected chi connectivity index (χ4v) is 0.881. The molecule has 0 aliphatic heterocycles. The minimum Gasteiger partial charge on any atom is -0.336 e. The van der Waals surface area contributed by atoms with Gasteiger partial charge >= 0.3 is 0 Å². The molecule has 0 spiro atoms. The lowest BCUT2D eigenvalue weighted by molar-refractivity contribution is 0.631. The molecule has 58 valence electrons. The maximum atomic E-state index is 8.45. The number of unbranched alkanes of at least 4 members (excludes halogenated alkanes) is 1. The van der Waals surface area contributed by atoms with E-state index in [4.69, 9.17) is 5.26 Å². The molecular formula is C8H11N3. The Bertz CT molecular complexity index is 257. The molecule has 0 aliphatic rings. The zero-order valence-corrected chi connectivity index (χ0v) is 6.62. The molecule has 1 aromatic rings. The van der Waals surface area contributed by atoms with Crippen molar-refractivity contribution >= 4 is 0 Å². The molecule has 0 atom stereocenters. The standard InChI is InChI=1S/C8H11N3/c1-2-3-4-11-6-8(5-9)10-7-11/h6-7H,2-4H2,1H3. The molecule has 0 unspecified atom stereocenters. The summed E-state index contributed by atoms with van der Waals surface area (Å²) in [6.45, 7) is 3.10. The third kappa shape index (κ3) is 2.08. The first-order valence-corrected chi connectivity index (χ1v) is 3.78. The van der Waals surface area contributed by atoms with Crippen LogP contribution in [0.25, 0.3) is 0 Å². The summed E-state index contributed by atoms with van der Waals surface area (Å²) in [7, 11) is 0. The largest absolute Gasteiger partial charge is 0.336 e. The van der Waals surface area contributed by atoms with Gasteiger partial charge in [-0.3, -0.25) is 0 Å². The number of rotatable bonds is 3. The molecule has 0 radical (unpaired) electrons. The van der Waals surface area contributed by atoms with Gasteiger partial charge in [0.05, 0.1) is 6.33 Å². The molecule has 3 heteroatoms. The smallest absolute Gasteiger partial charge is 0.158 e. The summed E-state index contributed by atoms with van der Waals surface area (Å²) in [5.41, 5.74) is 0.501. The first-order chi connectivity index (χ1) is 5.36. The van der Waals surface area contributed by atoms with Gasteiger partial charge in [-0.25, -0.2) is 4.98 Å². The number of aromatic nitrogens is 2. The van der Waals surface area contributed by atoms with E-state index in [1.165, 1.54) is 6.42 Å². The summed E-state index contributed by atoms with van der Waals surface area (Å²) < 4.78 is 1.95. The van der Waals surface area contributed by atoms with Gasteiger partial charge in [-0.1, -0.05) is 13.3 Å². The van der Waals surface area contributed by atoms with Crippen LogP contribution in [-0.4, -0.2) is 9.55 Å². The Balaban J connectivity index is 2.53. The van der Waals surface area contributed by atoms with Crippen molar-refractivity contribution in [3.63, 3.8) is 0 Å². The molecule has 0 saturated heterocycles. The molecule has 3 nitrogen and oxygen atoms in total. The summed E-state index contributed by atoms with van der Waals surface area (Å²) in [5, 5.41) is 8.45. The van der Waals surface area contributed by atoms with Crippen LogP contribution in [0.2, 0.25) is 0 Å². The Kier molecular flexibility index (Phi) is 2.67. The van der Waals surface area contributed by atoms with Crippen molar-refractivity contribution in [1.82, 2.24) is 9.55 Å². The monoisotopic (exact) mass is 149 g/mol. The second-order valence-corrected chi connectivity index (χ2v) is 2.46. The summed E-state index contributed by atoms with van der Waals surface area (Å²) in [6.07, 6.45) is 5.78. The zero-order chi connectivity index (χ0) is 8.10. The van der Waals surface area contributed by atoms with Gasteiger partial charge in [0.1, 0.15) is 6.07 Å². The van der Waals surface area contributed by atoms with E-state index in [1.807, 2.05) is 10.6 Å². The second kappa shape index (κ2) is 3.77. The Morgan fingerprint density at radius 3 is 3.09 bits per heavy atom. The van der Waals surface area contributed by atoms with Gasteiger partial charge in [-0.05, 0) is 6.42 Å². The lowest BCUT2D eigenvalue weighted by Crippen LogP contribution is -1.92. The highest BCUT2D eigenvalue weighted by Gasteiger charge is 1.94. The van der Waals surface area contributed by atoms with Crippen LogP contribution < -0.4 is 0 Å². The molecule has 0 bridgehead atoms. The van der Waals surface area contributed by atoms with E-state index in [-0.39, 0.29) is 0 Å². The van der Waals surface area contributed by atoms with Crippen LogP contribution in [0.15, 0.2) is 12.5 Å². The molecule has 11 heavy (non-hydrogen) atoms. The molecule has 1 aromatic heterocycles. The zero-order valence-electron chi connectivity index (χ0n) is 6.62. The fourth-order valence-electron chi connectivity index (χ4n) is 0.881. The summed E-state index contributed by atoms with van der Waals surface area (Å²) in [6, 6.07) is 1.99. The molecular weight excluding hydrogens is 138 g/mol. The van der Waals surface area contributed by atoms with E-state index >= 15 is 0 Å². The van der Waals surface area contributed by atoms with Crippen molar-refractivity contribution in [1.29, 1.82) is 5.26 Å². The van der Waals surface area contributed by atoms with E-state index in [0.29, 0.717) is 5.69 Å². The van der Waals surface area contributed by atoms with Gasteiger partial charge in [0.2, 0.25) is 0 Å². The topological polar surface area (TPSA) is 41.6 Å². The molecule has 1 rings (SSSR count). The average Bonchev–Trinajstić information content (AvgIpc) is 2.48. The normalized spacial score (nSPS) is 9.45. The maximum Gasteiger partial charge on any atom is 0.158 e. The quantitative estimate of drug-likeness (QED) is 0.654. The van der Waals surface area contributed by atoms with E-state index in [0.717, 1.165) is 13.0 Å². The molecule has 0 saturated carbocycles. The van der Waals surface area contributed by atoms with Gasteiger partial charge in [-0.2, -0.15) is 5.26 Å². The number of hydrogen-bond acceptors (Lipinski definition) is 2. The highest BCUT2D eigenvalue weighted by Crippen LogP contribution is 1.97. The van der Waals surface area contributed by atoms with E-state index in [9.17, 15) is 0 Å². The fraction of sp³-hybridized carbons (Fsp3) is 0.500. The third-order valence-corrected chi connectivity index (χ3v) is 1.52. The SMILES string of the molecule is CCCCn1cnc(C#N)c1. The Morgan fingerprint density at radius 1 is 1.73 bits per heavy atom. The van der Waals surface area contributed by atoms with E-state index < -0.39 is 0 Å². The molecule has 0 aliphatic carbocycles.